The van der Waals surface area contributed by atoms with Crippen LogP contribution in [0.25, 0.3) is 0 Å². The zero-order valence-electron chi connectivity index (χ0n) is 9.51. The molecule has 1 saturated heterocycles. The summed E-state index contributed by atoms with van der Waals surface area (Å²) >= 11 is 0. The standard InChI is InChI=1S/C11H21NO2/c1-4-14-11(2,3)9-12-7-5-10(13)6-8-12/h4-9H2,1-3H3. The van der Waals surface area contributed by atoms with Gasteiger partial charge in [0.1, 0.15) is 5.78 Å². The third kappa shape index (κ3) is 3.76. The Balaban J connectivity index is 2.33. The number of ether oxygens (including phenoxy) is 1. The molecule has 1 heterocycles. The number of likely N-dealkylation sites (tertiary alicyclic amines) is 1. The molecule has 0 radical (unpaired) electrons. The number of ketones is 1. The summed E-state index contributed by atoms with van der Waals surface area (Å²) in [6.07, 6.45) is 1.42. The Bertz CT molecular complexity index is 191. The van der Waals surface area contributed by atoms with Crippen molar-refractivity contribution in [3.05, 3.63) is 0 Å². The van der Waals surface area contributed by atoms with Gasteiger partial charge in [-0.25, -0.2) is 0 Å². The third-order valence-electron chi connectivity index (χ3n) is 2.55. The highest BCUT2D eigenvalue weighted by Crippen LogP contribution is 2.14. The smallest absolute Gasteiger partial charge is 0.135 e. The highest BCUT2D eigenvalue weighted by molar-refractivity contribution is 5.79. The molecule has 0 saturated carbocycles. The summed E-state index contributed by atoms with van der Waals surface area (Å²) in [5, 5.41) is 0. The Morgan fingerprint density at radius 1 is 1.36 bits per heavy atom. The molecule has 1 aliphatic rings. The summed E-state index contributed by atoms with van der Waals surface area (Å²) in [6, 6.07) is 0. The molecule has 14 heavy (non-hydrogen) atoms. The SMILES string of the molecule is CCOC(C)(C)CN1CCC(=O)CC1. The van der Waals surface area contributed by atoms with Crippen LogP contribution in [0.1, 0.15) is 33.6 Å². The lowest BCUT2D eigenvalue weighted by molar-refractivity contribution is -0.122. The number of nitrogens with zero attached hydrogens (tertiary/aromatic N) is 1. The van der Waals surface area contributed by atoms with Crippen molar-refractivity contribution < 1.29 is 9.53 Å². The summed E-state index contributed by atoms with van der Waals surface area (Å²) in [6.45, 7) is 9.69. The summed E-state index contributed by atoms with van der Waals surface area (Å²) in [7, 11) is 0. The van der Waals surface area contributed by atoms with Gasteiger partial charge in [-0.05, 0) is 20.8 Å². The van der Waals surface area contributed by atoms with E-state index in [9.17, 15) is 4.79 Å². The van der Waals surface area contributed by atoms with Crippen LogP contribution in [0.3, 0.4) is 0 Å². The summed E-state index contributed by atoms with van der Waals surface area (Å²) in [4.78, 5) is 13.4. The summed E-state index contributed by atoms with van der Waals surface area (Å²) in [5.41, 5.74) is -0.0882. The highest BCUT2D eigenvalue weighted by Gasteiger charge is 2.24. The fourth-order valence-corrected chi connectivity index (χ4v) is 1.94. The molecule has 0 N–H and O–H groups in total. The van der Waals surface area contributed by atoms with Crippen molar-refractivity contribution in [3.8, 4) is 0 Å². The van der Waals surface area contributed by atoms with E-state index in [-0.39, 0.29) is 5.60 Å². The lowest BCUT2D eigenvalue weighted by atomic mass is 10.1. The normalized spacial score (nSPS) is 20.1. The van der Waals surface area contributed by atoms with E-state index in [2.05, 4.69) is 18.7 Å². The fourth-order valence-electron chi connectivity index (χ4n) is 1.94. The Labute approximate surface area is 86.4 Å². The molecular weight excluding hydrogens is 178 g/mol. The van der Waals surface area contributed by atoms with Crippen molar-refractivity contribution in [1.82, 2.24) is 4.90 Å². The van der Waals surface area contributed by atoms with Gasteiger partial charge in [-0.1, -0.05) is 0 Å². The second-order valence-corrected chi connectivity index (χ2v) is 4.51. The summed E-state index contributed by atoms with van der Waals surface area (Å²) < 4.78 is 5.63. The number of Topliss-reactive ketones (excluding diaryl/α,β-unsaturated/α-hetero) is 1. The first-order valence-electron chi connectivity index (χ1n) is 5.41. The minimum Gasteiger partial charge on any atom is -0.375 e. The lowest BCUT2D eigenvalue weighted by Gasteiger charge is -2.34. The molecule has 0 amide bonds. The van der Waals surface area contributed by atoms with Crippen LogP contribution in [0.5, 0.6) is 0 Å². The second-order valence-electron chi connectivity index (χ2n) is 4.51. The monoisotopic (exact) mass is 199 g/mol. The van der Waals surface area contributed by atoms with Crippen molar-refractivity contribution in [3.63, 3.8) is 0 Å². The average molecular weight is 199 g/mol. The largest absolute Gasteiger partial charge is 0.375 e. The molecule has 0 unspecified atom stereocenters. The van der Waals surface area contributed by atoms with E-state index in [1.54, 1.807) is 0 Å². The average Bonchev–Trinajstić information content (AvgIpc) is 2.08. The van der Waals surface area contributed by atoms with Crippen LogP contribution in [-0.2, 0) is 9.53 Å². The molecule has 3 heteroatoms. The van der Waals surface area contributed by atoms with Gasteiger partial charge in [-0.2, -0.15) is 0 Å². The molecule has 1 fully saturated rings. The van der Waals surface area contributed by atoms with Crippen LogP contribution in [0, 0.1) is 0 Å². The quantitative estimate of drug-likeness (QED) is 0.686. The minimum absolute atomic E-state index is 0.0882. The maximum atomic E-state index is 11.0. The number of hydrogen-bond donors (Lipinski definition) is 0. The number of carbonyl (C=O) groups is 1. The number of hydrogen-bond acceptors (Lipinski definition) is 3. The number of rotatable bonds is 4. The fraction of sp³-hybridized carbons (Fsp3) is 0.909. The zero-order chi connectivity index (χ0) is 10.6. The van der Waals surface area contributed by atoms with Crippen LogP contribution in [0.2, 0.25) is 0 Å². The first-order chi connectivity index (χ1) is 6.53. The Morgan fingerprint density at radius 2 is 1.93 bits per heavy atom. The number of piperidine rings is 1. The van der Waals surface area contributed by atoms with Gasteiger partial charge in [0.2, 0.25) is 0 Å². The van der Waals surface area contributed by atoms with Gasteiger partial charge in [0.15, 0.2) is 0 Å². The van der Waals surface area contributed by atoms with Crippen LogP contribution in [0.4, 0.5) is 0 Å². The first kappa shape index (κ1) is 11.7. The van der Waals surface area contributed by atoms with Gasteiger partial charge >= 0.3 is 0 Å². The molecule has 0 atom stereocenters. The summed E-state index contributed by atoms with van der Waals surface area (Å²) in [5.74, 6) is 0.399. The molecule has 1 rings (SSSR count). The molecular formula is C11H21NO2. The van der Waals surface area contributed by atoms with Gasteiger partial charge < -0.3 is 4.74 Å². The first-order valence-corrected chi connectivity index (χ1v) is 5.41. The number of carbonyl (C=O) groups excluding carboxylic acids is 1. The van der Waals surface area contributed by atoms with Crippen LogP contribution >= 0.6 is 0 Å². The third-order valence-corrected chi connectivity index (χ3v) is 2.55. The van der Waals surface area contributed by atoms with E-state index in [1.165, 1.54) is 0 Å². The van der Waals surface area contributed by atoms with E-state index < -0.39 is 0 Å². The molecule has 82 valence electrons. The Kier molecular flexibility index (Phi) is 4.08. The van der Waals surface area contributed by atoms with E-state index in [0.29, 0.717) is 18.6 Å². The van der Waals surface area contributed by atoms with Gasteiger partial charge in [-0.15, -0.1) is 0 Å². The van der Waals surface area contributed by atoms with Crippen LogP contribution < -0.4 is 0 Å². The predicted molar refractivity (Wildman–Crippen MR) is 56.4 cm³/mol. The van der Waals surface area contributed by atoms with E-state index in [0.717, 1.165) is 26.2 Å². The van der Waals surface area contributed by atoms with Crippen LogP contribution in [0.15, 0.2) is 0 Å². The van der Waals surface area contributed by atoms with Gasteiger partial charge in [0.05, 0.1) is 5.60 Å². The molecule has 0 bridgehead atoms. The van der Waals surface area contributed by atoms with Crippen molar-refractivity contribution in [2.45, 2.75) is 39.2 Å². The molecule has 0 aromatic carbocycles. The predicted octanol–water partition coefficient (Wildman–Crippen LogP) is 1.47. The molecule has 0 aromatic heterocycles. The van der Waals surface area contributed by atoms with Crippen LogP contribution in [-0.4, -0.2) is 42.5 Å². The zero-order valence-corrected chi connectivity index (χ0v) is 9.51. The van der Waals surface area contributed by atoms with Crippen molar-refractivity contribution >= 4 is 5.78 Å². The van der Waals surface area contributed by atoms with Gasteiger partial charge in [0, 0.05) is 39.1 Å². The van der Waals surface area contributed by atoms with Crippen molar-refractivity contribution in [2.75, 3.05) is 26.2 Å². The van der Waals surface area contributed by atoms with E-state index in [4.69, 9.17) is 4.74 Å². The maximum absolute atomic E-state index is 11.0. The molecule has 3 nitrogen and oxygen atoms in total. The van der Waals surface area contributed by atoms with Gasteiger partial charge in [0.25, 0.3) is 0 Å². The lowest BCUT2D eigenvalue weighted by Crippen LogP contribution is -2.44. The Hall–Kier alpha value is -0.410. The van der Waals surface area contributed by atoms with Crippen molar-refractivity contribution in [1.29, 1.82) is 0 Å². The highest BCUT2D eigenvalue weighted by atomic mass is 16.5. The Morgan fingerprint density at radius 3 is 2.43 bits per heavy atom. The molecule has 0 aromatic rings. The van der Waals surface area contributed by atoms with E-state index >= 15 is 0 Å². The van der Waals surface area contributed by atoms with Gasteiger partial charge in [-0.3, -0.25) is 9.69 Å². The topological polar surface area (TPSA) is 29.5 Å². The molecule has 0 spiro atoms. The minimum atomic E-state index is -0.0882. The maximum Gasteiger partial charge on any atom is 0.135 e. The van der Waals surface area contributed by atoms with E-state index in [1.807, 2.05) is 6.92 Å². The molecule has 0 aliphatic carbocycles. The molecule has 1 aliphatic heterocycles. The second kappa shape index (κ2) is 4.89. The van der Waals surface area contributed by atoms with Crippen molar-refractivity contribution in [2.24, 2.45) is 0 Å².